The zero-order chi connectivity index (χ0) is 39.3. The summed E-state index contributed by atoms with van der Waals surface area (Å²) in [6.45, 7) is 0. The zero-order valence-electron chi connectivity index (χ0n) is 31.0. The molecule has 10 rings (SSSR count). The maximum Gasteiger partial charge on any atom is 0.194 e. The van der Waals surface area contributed by atoms with Gasteiger partial charge in [-0.1, -0.05) is 109 Å². The molecule has 8 aromatic carbocycles. The van der Waals surface area contributed by atoms with Gasteiger partial charge in [-0.2, -0.15) is 0 Å². The van der Waals surface area contributed by atoms with Crippen LogP contribution >= 0.6 is 0 Å². The maximum absolute atomic E-state index is 13.7. The molecule has 0 bridgehead atoms. The second-order valence-corrected chi connectivity index (χ2v) is 14.3. The Hall–Kier alpha value is -7.96. The molecule has 0 spiro atoms. The molecular formula is C52H32N2O4. The third-order valence-electron chi connectivity index (χ3n) is 10.9. The van der Waals surface area contributed by atoms with Crippen LogP contribution in [0.1, 0.15) is 63.7 Å². The fourth-order valence-electron chi connectivity index (χ4n) is 8.11. The van der Waals surface area contributed by atoms with E-state index in [0.29, 0.717) is 44.5 Å². The van der Waals surface area contributed by atoms with E-state index in [1.165, 1.54) is 0 Å². The van der Waals surface area contributed by atoms with Crippen molar-refractivity contribution in [1.82, 2.24) is 0 Å². The predicted octanol–water partition coefficient (Wildman–Crippen LogP) is 11.8. The van der Waals surface area contributed by atoms with Crippen molar-refractivity contribution in [2.24, 2.45) is 0 Å². The molecule has 2 aliphatic rings. The molecule has 0 fully saturated rings. The Labute approximate surface area is 334 Å². The minimum atomic E-state index is -0.161. The van der Waals surface area contributed by atoms with Crippen LogP contribution in [-0.2, 0) is 0 Å². The Balaban J connectivity index is 0.977. The van der Waals surface area contributed by atoms with Crippen LogP contribution in [0.5, 0.6) is 0 Å². The van der Waals surface area contributed by atoms with Gasteiger partial charge in [0.15, 0.2) is 23.1 Å². The Bertz CT molecular complexity index is 2750. The highest BCUT2D eigenvalue weighted by Crippen LogP contribution is 2.41. The quantitative estimate of drug-likeness (QED) is 0.162. The van der Waals surface area contributed by atoms with Crippen molar-refractivity contribution in [1.29, 1.82) is 0 Å². The lowest BCUT2D eigenvalue weighted by atomic mass is 9.84. The Kier molecular flexibility index (Phi) is 8.31. The molecule has 8 aromatic rings. The molecule has 0 heterocycles. The lowest BCUT2D eigenvalue weighted by Gasteiger charge is -2.28. The highest BCUT2D eigenvalue weighted by atomic mass is 16.1. The summed E-state index contributed by atoms with van der Waals surface area (Å²) in [6.07, 6.45) is 0. The third-order valence-corrected chi connectivity index (χ3v) is 10.9. The van der Waals surface area contributed by atoms with Gasteiger partial charge in [-0.05, 0) is 96.1 Å². The van der Waals surface area contributed by atoms with Crippen LogP contribution in [0, 0.1) is 0 Å². The smallest absolute Gasteiger partial charge is 0.194 e. The van der Waals surface area contributed by atoms with E-state index in [-0.39, 0.29) is 23.1 Å². The number of anilines is 6. The second-order valence-electron chi connectivity index (χ2n) is 14.3. The molecule has 0 radical (unpaired) electrons. The summed E-state index contributed by atoms with van der Waals surface area (Å²) >= 11 is 0. The van der Waals surface area contributed by atoms with Crippen LogP contribution in [0.15, 0.2) is 194 Å². The van der Waals surface area contributed by atoms with Crippen molar-refractivity contribution in [3.8, 4) is 11.1 Å². The number of para-hydroxylation sites is 2. The second kappa shape index (κ2) is 14.0. The minimum Gasteiger partial charge on any atom is -0.310 e. The van der Waals surface area contributed by atoms with Gasteiger partial charge in [-0.3, -0.25) is 19.2 Å². The topological polar surface area (TPSA) is 74.8 Å². The minimum absolute atomic E-state index is 0.147. The van der Waals surface area contributed by atoms with Gasteiger partial charge in [-0.25, -0.2) is 0 Å². The van der Waals surface area contributed by atoms with Crippen molar-refractivity contribution >= 4 is 57.3 Å². The molecular weight excluding hydrogens is 717 g/mol. The number of ketones is 4. The van der Waals surface area contributed by atoms with E-state index in [1.807, 2.05) is 84.9 Å². The van der Waals surface area contributed by atoms with E-state index in [9.17, 15) is 19.2 Å². The maximum atomic E-state index is 13.7. The summed E-state index contributed by atoms with van der Waals surface area (Å²) in [5.41, 5.74) is 10.5. The fraction of sp³-hybridized carbons (Fsp3) is 0. The van der Waals surface area contributed by atoms with Crippen LogP contribution < -0.4 is 9.80 Å². The standard InChI is InChI=1S/C52H32N2O4/c55-49-41-15-7-9-17-43(41)51(57)47-31-39(27-29-45(47)49)53(35-11-3-1-4-12-35)37-23-19-33(20-24-37)34-21-25-38(26-22-34)54(36-13-5-2-6-14-36)40-28-30-46-48(32-40)52(58)44-18-10-8-16-42(44)50(46)56/h1-32H. The monoisotopic (exact) mass is 748 g/mol. The van der Waals surface area contributed by atoms with Crippen molar-refractivity contribution in [3.63, 3.8) is 0 Å². The van der Waals surface area contributed by atoms with E-state index in [0.717, 1.165) is 45.3 Å². The van der Waals surface area contributed by atoms with Gasteiger partial charge >= 0.3 is 0 Å². The number of hydrogen-bond donors (Lipinski definition) is 0. The molecule has 0 saturated carbocycles. The number of benzene rings is 8. The van der Waals surface area contributed by atoms with Crippen LogP contribution in [-0.4, -0.2) is 23.1 Å². The Morgan fingerprint density at radius 2 is 0.483 bits per heavy atom. The summed E-state index contributed by atoms with van der Waals surface area (Å²) < 4.78 is 0. The lowest BCUT2D eigenvalue weighted by Crippen LogP contribution is -2.21. The summed E-state index contributed by atoms with van der Waals surface area (Å²) in [5.74, 6) is -0.618. The number of nitrogens with zero attached hydrogens (tertiary/aromatic N) is 2. The molecule has 0 unspecified atom stereocenters. The molecule has 0 amide bonds. The van der Waals surface area contributed by atoms with Gasteiger partial charge in [0.2, 0.25) is 0 Å². The molecule has 0 aromatic heterocycles. The molecule has 0 N–H and O–H groups in total. The highest BCUT2D eigenvalue weighted by Gasteiger charge is 2.32. The summed E-state index contributed by atoms with van der Waals surface area (Å²) in [4.78, 5) is 58.2. The first kappa shape index (κ1) is 34.5. The van der Waals surface area contributed by atoms with Crippen molar-refractivity contribution < 1.29 is 19.2 Å². The molecule has 6 heteroatoms. The number of fused-ring (bicyclic) bond motifs is 4. The average molecular weight is 749 g/mol. The molecule has 0 atom stereocenters. The normalized spacial score (nSPS) is 12.6. The first-order chi connectivity index (χ1) is 28.4. The lowest BCUT2D eigenvalue weighted by molar-refractivity contribution is 0.0979. The van der Waals surface area contributed by atoms with E-state index >= 15 is 0 Å². The zero-order valence-corrected chi connectivity index (χ0v) is 31.0. The summed E-state index contributed by atoms with van der Waals surface area (Å²) in [6, 6.07) is 61.3. The van der Waals surface area contributed by atoms with Gasteiger partial charge in [0, 0.05) is 78.6 Å². The molecule has 2 aliphatic carbocycles. The van der Waals surface area contributed by atoms with Gasteiger partial charge in [0.25, 0.3) is 0 Å². The molecule has 58 heavy (non-hydrogen) atoms. The van der Waals surface area contributed by atoms with Crippen LogP contribution in [0.2, 0.25) is 0 Å². The number of hydrogen-bond acceptors (Lipinski definition) is 6. The fourth-order valence-corrected chi connectivity index (χ4v) is 8.11. The highest BCUT2D eigenvalue weighted by molar-refractivity contribution is 6.29. The molecule has 6 nitrogen and oxygen atoms in total. The number of carbonyl (C=O) groups is 4. The van der Waals surface area contributed by atoms with Gasteiger partial charge in [0.05, 0.1) is 0 Å². The van der Waals surface area contributed by atoms with Crippen molar-refractivity contribution in [3.05, 3.63) is 239 Å². The first-order valence-corrected chi connectivity index (χ1v) is 19.0. The Morgan fingerprint density at radius 1 is 0.224 bits per heavy atom. The van der Waals surface area contributed by atoms with Gasteiger partial charge in [-0.15, -0.1) is 0 Å². The van der Waals surface area contributed by atoms with E-state index < -0.39 is 0 Å². The molecule has 0 saturated heterocycles. The van der Waals surface area contributed by atoms with Gasteiger partial charge in [0.1, 0.15) is 0 Å². The first-order valence-electron chi connectivity index (χ1n) is 19.0. The van der Waals surface area contributed by atoms with Gasteiger partial charge < -0.3 is 9.80 Å². The number of carbonyl (C=O) groups excluding carboxylic acids is 4. The van der Waals surface area contributed by atoms with Crippen LogP contribution in [0.25, 0.3) is 11.1 Å². The Morgan fingerprint density at radius 3 is 0.828 bits per heavy atom. The average Bonchev–Trinajstić information content (AvgIpc) is 3.29. The molecule has 0 aliphatic heterocycles. The SMILES string of the molecule is O=C1c2ccccc2C(=O)c2cc(N(c3ccccc3)c3ccc(-c4ccc(N(c5ccccc5)c5ccc6c(c5)C(=O)c5ccccc5C6=O)cc4)cc3)ccc21. The third kappa shape index (κ3) is 5.74. The summed E-state index contributed by atoms with van der Waals surface area (Å²) in [5, 5.41) is 0. The van der Waals surface area contributed by atoms with E-state index in [1.54, 1.807) is 60.7 Å². The summed E-state index contributed by atoms with van der Waals surface area (Å²) in [7, 11) is 0. The van der Waals surface area contributed by atoms with Crippen molar-refractivity contribution in [2.45, 2.75) is 0 Å². The van der Waals surface area contributed by atoms with E-state index in [2.05, 4.69) is 58.3 Å². The van der Waals surface area contributed by atoms with E-state index in [4.69, 9.17) is 0 Å². The van der Waals surface area contributed by atoms with Crippen LogP contribution in [0.4, 0.5) is 34.1 Å². The molecule has 274 valence electrons. The largest absolute Gasteiger partial charge is 0.310 e. The predicted molar refractivity (Wildman–Crippen MR) is 228 cm³/mol. The van der Waals surface area contributed by atoms with Crippen molar-refractivity contribution in [2.75, 3.05) is 9.80 Å². The van der Waals surface area contributed by atoms with Crippen LogP contribution in [0.3, 0.4) is 0 Å². The number of rotatable bonds is 7.